The van der Waals surface area contributed by atoms with Gasteiger partial charge in [-0.15, -0.1) is 0 Å². The number of carbonyl (C=O) groups is 1. The van der Waals surface area contributed by atoms with Crippen molar-refractivity contribution in [3.63, 3.8) is 0 Å². The van der Waals surface area contributed by atoms with Gasteiger partial charge in [0.2, 0.25) is 0 Å². The zero-order valence-electron chi connectivity index (χ0n) is 21.2. The molecule has 4 saturated carbocycles. The van der Waals surface area contributed by atoms with Crippen LogP contribution in [0.4, 0.5) is 0 Å². The number of fused-ring (bicyclic) bond motifs is 5. The third-order valence-corrected chi connectivity index (χ3v) is 11.0. The van der Waals surface area contributed by atoms with Gasteiger partial charge in [0.25, 0.3) is 0 Å². The number of halogens is 4. The number of hydrogen-bond donors (Lipinski definition) is 0. The van der Waals surface area contributed by atoms with Crippen LogP contribution in [0.25, 0.3) is 0 Å². The summed E-state index contributed by atoms with van der Waals surface area (Å²) in [5.74, 6) is 5.37. The number of carbonyl (C=O) groups excluding carboxylic acids is 1. The molecule has 0 aromatic carbocycles. The van der Waals surface area contributed by atoms with Crippen molar-refractivity contribution >= 4 is 44.0 Å². The second-order valence-electron chi connectivity index (χ2n) is 12.8. The van der Waals surface area contributed by atoms with Crippen LogP contribution in [0.1, 0.15) is 98.8 Å². The summed E-state index contributed by atoms with van der Waals surface area (Å²) in [6.07, 6.45) is 14.8. The zero-order valence-corrected chi connectivity index (χ0v) is 26.3. The second kappa shape index (κ2) is 10.7. The van der Waals surface area contributed by atoms with Crippen molar-refractivity contribution in [1.82, 2.24) is 0 Å². The predicted octanol–water partition coefficient (Wildman–Crippen LogP) is 10.1. The molecule has 4 aliphatic carbocycles. The molecule has 0 unspecified atom stereocenters. The van der Waals surface area contributed by atoms with E-state index >= 15 is 0 Å². The van der Waals surface area contributed by atoms with Crippen molar-refractivity contribution in [1.29, 1.82) is 0 Å². The first-order valence-electron chi connectivity index (χ1n) is 13.1. The van der Waals surface area contributed by atoms with Crippen molar-refractivity contribution < 1.29 is 16.7 Å². The molecule has 6 heteroatoms. The van der Waals surface area contributed by atoms with Crippen molar-refractivity contribution in [2.24, 2.45) is 57.7 Å². The topological polar surface area (TPSA) is 17.1 Å². The summed E-state index contributed by atoms with van der Waals surface area (Å²) in [6.45, 7) is 16.9. The van der Waals surface area contributed by atoms with Crippen molar-refractivity contribution in [3.05, 3.63) is 6.92 Å². The summed E-state index contributed by atoms with van der Waals surface area (Å²) in [5, 5.41) is 0. The van der Waals surface area contributed by atoms with Gasteiger partial charge in [0, 0.05) is 5.41 Å². The first kappa shape index (κ1) is 29.1. The van der Waals surface area contributed by atoms with E-state index in [-0.39, 0.29) is 10.8 Å². The molecular formula is C27H45Cl4MoO-. The van der Waals surface area contributed by atoms with E-state index in [1.54, 1.807) is 0 Å². The first-order chi connectivity index (χ1) is 15.2. The van der Waals surface area contributed by atoms with E-state index in [0.717, 1.165) is 48.3 Å². The van der Waals surface area contributed by atoms with Gasteiger partial charge in [-0.2, -0.15) is 5.92 Å². The summed E-state index contributed by atoms with van der Waals surface area (Å²) in [4.78, 5) is 12.4. The quantitative estimate of drug-likeness (QED) is 0.164. The zero-order chi connectivity index (χ0) is 24.8. The summed E-state index contributed by atoms with van der Waals surface area (Å²) in [5.41, 5.74) is 0.636. The van der Waals surface area contributed by atoms with Crippen LogP contribution in [0.5, 0.6) is 0 Å². The van der Waals surface area contributed by atoms with Gasteiger partial charge in [-0.05, 0) is 84.9 Å². The van der Waals surface area contributed by atoms with Crippen LogP contribution in [0, 0.1) is 64.6 Å². The van der Waals surface area contributed by atoms with E-state index in [0.29, 0.717) is 11.3 Å². The van der Waals surface area contributed by atoms with E-state index in [9.17, 15) is 4.79 Å². The molecule has 33 heavy (non-hydrogen) atoms. The molecule has 0 amide bonds. The second-order valence-corrected chi connectivity index (χ2v) is 31.1. The van der Waals surface area contributed by atoms with E-state index in [2.05, 4.69) is 41.5 Å². The Labute approximate surface area is 222 Å². The van der Waals surface area contributed by atoms with Gasteiger partial charge in [-0.3, -0.25) is 0 Å². The van der Waals surface area contributed by atoms with E-state index in [1.165, 1.54) is 57.7 Å². The molecule has 4 aliphatic rings. The standard InChI is InChI=1S/C27H45O.4ClH.Mo/c1-18(2)8-7-9-19(3)22-10-11-23-21-16-27(17-28)20(4)12-15-26(27,6)24(21)13-14-25(22,23)5;;;;;/h17-24H,4,7-16H2,1-3,5-6H3;4*1H;/q-1;;;;;+4/p-4/t19-,20+,21+,22-,23+,24+,25-,26-,27+;;;;;/m1...../s1. The molecule has 0 spiro atoms. The van der Waals surface area contributed by atoms with E-state index in [4.69, 9.17) is 37.7 Å². The van der Waals surface area contributed by atoms with Crippen LogP contribution < -0.4 is 0 Å². The number of hydrogen-bond acceptors (Lipinski definition) is 1. The van der Waals surface area contributed by atoms with Crippen LogP contribution in [0.15, 0.2) is 0 Å². The molecule has 0 aliphatic heterocycles. The Bertz CT molecular complexity index is 690. The third-order valence-electron chi connectivity index (χ3n) is 11.0. The fourth-order valence-corrected chi connectivity index (χ4v) is 9.42. The average Bonchev–Trinajstić information content (AvgIpc) is 3.25. The SMILES string of the molecule is [CH2-][C@H]1CC[C@]2(C)[C@H]3CC[C@]4(C)[C@@H]([C@H](C)CCCC(C)C)CC[C@H]4[C@@H]3C[C@]12C=O.[Cl][Mo]([Cl])([Cl])[Cl]. The Balaban J connectivity index is 0.000000555. The van der Waals surface area contributed by atoms with Gasteiger partial charge >= 0.3 is 49.6 Å². The minimum atomic E-state index is -3.13. The molecule has 0 radical (unpaired) electrons. The van der Waals surface area contributed by atoms with Gasteiger partial charge in [0.05, 0.1) is 0 Å². The predicted molar refractivity (Wildman–Crippen MR) is 141 cm³/mol. The molecular weight excluding hydrogens is 578 g/mol. The van der Waals surface area contributed by atoms with Crippen molar-refractivity contribution in [3.8, 4) is 0 Å². The maximum absolute atomic E-state index is 12.4. The number of aldehydes is 1. The molecule has 0 heterocycles. The van der Waals surface area contributed by atoms with E-state index < -0.39 is 11.9 Å². The third kappa shape index (κ3) is 5.54. The molecule has 9 atom stereocenters. The Kier molecular flexibility index (Phi) is 9.44. The fraction of sp³-hybridized carbons (Fsp3) is 0.926. The Morgan fingerprint density at radius 2 is 1.61 bits per heavy atom. The van der Waals surface area contributed by atoms with Crippen molar-refractivity contribution in [2.45, 2.75) is 98.8 Å². The van der Waals surface area contributed by atoms with Crippen LogP contribution in [0.3, 0.4) is 0 Å². The number of rotatable bonds is 6. The average molecular weight is 623 g/mol. The van der Waals surface area contributed by atoms with Gasteiger partial charge in [-0.25, -0.2) is 0 Å². The summed E-state index contributed by atoms with van der Waals surface area (Å²) in [7, 11) is 20.1. The molecule has 0 aromatic rings. The Morgan fingerprint density at radius 1 is 0.970 bits per heavy atom. The van der Waals surface area contributed by atoms with Crippen LogP contribution in [-0.4, -0.2) is 6.29 Å². The van der Waals surface area contributed by atoms with Crippen LogP contribution >= 0.6 is 37.7 Å². The fourth-order valence-electron chi connectivity index (χ4n) is 9.42. The van der Waals surface area contributed by atoms with Gasteiger partial charge in [0.1, 0.15) is 6.29 Å². The van der Waals surface area contributed by atoms with Gasteiger partial charge in [0.15, 0.2) is 0 Å². The van der Waals surface area contributed by atoms with Gasteiger partial charge < -0.3 is 11.7 Å². The molecule has 1 nitrogen and oxygen atoms in total. The molecule has 194 valence electrons. The monoisotopic (exact) mass is 623 g/mol. The molecule has 4 fully saturated rings. The van der Waals surface area contributed by atoms with Gasteiger partial charge in [-0.1, -0.05) is 60.3 Å². The first-order valence-corrected chi connectivity index (χ1v) is 23.4. The molecule has 0 aromatic heterocycles. The molecule has 0 saturated heterocycles. The summed E-state index contributed by atoms with van der Waals surface area (Å²) >= 11 is -3.13. The minimum absolute atomic E-state index is 0.117. The molecule has 4 rings (SSSR count). The van der Waals surface area contributed by atoms with Crippen LogP contribution in [0.2, 0.25) is 0 Å². The van der Waals surface area contributed by atoms with E-state index in [1.807, 2.05) is 0 Å². The maximum atomic E-state index is 12.4. The Hall–Kier alpha value is 1.52. The molecule has 0 bridgehead atoms. The Morgan fingerprint density at radius 3 is 2.18 bits per heavy atom. The normalized spacial score (nSPS) is 45.6. The molecule has 0 N–H and O–H groups in total. The van der Waals surface area contributed by atoms with Crippen molar-refractivity contribution in [2.75, 3.05) is 0 Å². The van der Waals surface area contributed by atoms with Crippen LogP contribution in [-0.2, 0) is 16.7 Å². The summed E-state index contributed by atoms with van der Waals surface area (Å²) < 4.78 is 0. The summed E-state index contributed by atoms with van der Waals surface area (Å²) in [6, 6.07) is 0.